The van der Waals surface area contributed by atoms with Crippen LogP contribution in [0.3, 0.4) is 0 Å². The number of aryl methyl sites for hydroxylation is 2. The van der Waals surface area contributed by atoms with E-state index in [1.54, 1.807) is 0 Å². The van der Waals surface area contributed by atoms with Gasteiger partial charge in [-0.15, -0.1) is 5.10 Å². The molecule has 0 aliphatic carbocycles. The Morgan fingerprint density at radius 3 is 1.65 bits per heavy atom. The molecule has 0 aliphatic heterocycles. The van der Waals surface area contributed by atoms with Crippen LogP contribution < -0.4 is 0 Å². The van der Waals surface area contributed by atoms with Crippen molar-refractivity contribution in [2.45, 2.75) is 74.7 Å². The summed E-state index contributed by atoms with van der Waals surface area (Å²) in [5, 5.41) is 7.85. The summed E-state index contributed by atoms with van der Waals surface area (Å²) >= 11 is 0. The summed E-state index contributed by atoms with van der Waals surface area (Å²) in [6, 6.07) is 0. The lowest BCUT2D eigenvalue weighted by atomic mass is 10.2. The third-order valence-corrected chi connectivity index (χ3v) is 1.62. The first-order valence-electron chi connectivity index (χ1n) is 7.02. The number of hydrogen-bond donors (Lipinski definition) is 0. The molecule has 0 saturated heterocycles. The van der Waals surface area contributed by atoms with E-state index in [1.165, 1.54) is 12.1 Å². The van der Waals surface area contributed by atoms with Gasteiger partial charge in [0, 0.05) is 7.05 Å². The quantitative estimate of drug-likeness (QED) is 0.763. The fourth-order valence-electron chi connectivity index (χ4n) is 1.06. The van der Waals surface area contributed by atoms with Gasteiger partial charge >= 0.3 is 0 Å². The van der Waals surface area contributed by atoms with Gasteiger partial charge in [-0.3, -0.25) is 4.68 Å². The van der Waals surface area contributed by atoms with Crippen molar-refractivity contribution in [3.05, 3.63) is 11.4 Å². The van der Waals surface area contributed by atoms with Crippen molar-refractivity contribution in [1.82, 2.24) is 15.0 Å². The zero-order valence-electron chi connectivity index (χ0n) is 13.5. The van der Waals surface area contributed by atoms with Gasteiger partial charge in [-0.1, -0.05) is 66.5 Å². The zero-order valence-corrected chi connectivity index (χ0v) is 13.5. The van der Waals surface area contributed by atoms with Crippen LogP contribution in [0, 0.1) is 6.92 Å². The molecule has 0 saturated carbocycles. The summed E-state index contributed by atoms with van der Waals surface area (Å²) in [7, 11) is 1.94. The maximum absolute atomic E-state index is 3.95. The number of aromatic nitrogens is 3. The van der Waals surface area contributed by atoms with E-state index < -0.39 is 0 Å². The molecule has 1 aromatic heterocycles. The van der Waals surface area contributed by atoms with Crippen molar-refractivity contribution in [3.8, 4) is 0 Å². The summed E-state index contributed by atoms with van der Waals surface area (Å²) in [5.41, 5.74) is 2.31. The Bertz CT molecular complexity index is 210. The molecule has 17 heavy (non-hydrogen) atoms. The van der Waals surface area contributed by atoms with Crippen LogP contribution in [0.25, 0.3) is 0 Å². The molecule has 1 rings (SSSR count). The monoisotopic (exact) mass is 243 g/mol. The number of hydrogen-bond acceptors (Lipinski definition) is 2. The van der Waals surface area contributed by atoms with Crippen LogP contribution in [0.1, 0.15) is 72.7 Å². The molecule has 104 valence electrons. The van der Waals surface area contributed by atoms with Gasteiger partial charge in [-0.25, -0.2) is 0 Å². The Morgan fingerprint density at radius 2 is 1.41 bits per heavy atom. The lowest BCUT2D eigenvalue weighted by molar-refractivity contribution is 0.669. The van der Waals surface area contributed by atoms with E-state index in [1.807, 2.05) is 46.3 Å². The van der Waals surface area contributed by atoms with E-state index in [0.717, 1.165) is 18.5 Å². The first-order chi connectivity index (χ1) is 8.17. The summed E-state index contributed by atoms with van der Waals surface area (Å²) in [4.78, 5) is 0. The molecule has 1 heterocycles. The summed E-state index contributed by atoms with van der Waals surface area (Å²) in [6.45, 7) is 16.4. The van der Waals surface area contributed by atoms with Crippen molar-refractivity contribution >= 4 is 0 Å². The molecule has 0 atom stereocenters. The molecule has 1 aromatic rings. The van der Waals surface area contributed by atoms with Crippen LogP contribution >= 0.6 is 0 Å². The number of rotatable bonds is 2. The highest BCUT2D eigenvalue weighted by Crippen LogP contribution is 2.04. The van der Waals surface area contributed by atoms with Gasteiger partial charge in [-0.05, 0) is 13.3 Å². The van der Waals surface area contributed by atoms with Crippen LogP contribution in [-0.2, 0) is 13.5 Å². The van der Waals surface area contributed by atoms with Gasteiger partial charge in [0.25, 0.3) is 0 Å². The fourth-order valence-corrected chi connectivity index (χ4v) is 1.06. The SMILES string of the molecule is CC.CC.CCC.CCCc1c(C)nnn1C. The molecule has 0 fully saturated rings. The summed E-state index contributed by atoms with van der Waals surface area (Å²) < 4.78 is 1.85. The lowest BCUT2D eigenvalue weighted by Gasteiger charge is -1.96. The highest BCUT2D eigenvalue weighted by molar-refractivity contribution is 5.07. The Morgan fingerprint density at radius 1 is 1.00 bits per heavy atom. The molecule has 3 heteroatoms. The van der Waals surface area contributed by atoms with E-state index in [0.29, 0.717) is 0 Å². The standard InChI is InChI=1S/C7H13N3.C3H8.2C2H6/c1-4-5-7-6(2)8-9-10(7)3;1-3-2;2*1-2/h4-5H2,1-3H3;3H2,1-2H3;2*1-2H3. The highest BCUT2D eigenvalue weighted by Gasteiger charge is 2.02. The largest absolute Gasteiger partial charge is 0.252 e. The van der Waals surface area contributed by atoms with E-state index in [9.17, 15) is 0 Å². The normalized spacial score (nSPS) is 7.82. The van der Waals surface area contributed by atoms with Crippen molar-refractivity contribution in [2.24, 2.45) is 7.05 Å². The molecule has 0 N–H and O–H groups in total. The zero-order chi connectivity index (χ0) is 14.3. The second kappa shape index (κ2) is 17.5. The highest BCUT2D eigenvalue weighted by atomic mass is 15.4. The molecular weight excluding hydrogens is 210 g/mol. The van der Waals surface area contributed by atoms with E-state index in [4.69, 9.17) is 0 Å². The van der Waals surface area contributed by atoms with Gasteiger partial charge < -0.3 is 0 Å². The first-order valence-corrected chi connectivity index (χ1v) is 7.02. The minimum absolute atomic E-state index is 1.06. The van der Waals surface area contributed by atoms with E-state index in [-0.39, 0.29) is 0 Å². The van der Waals surface area contributed by atoms with Gasteiger partial charge in [0.05, 0.1) is 11.4 Å². The van der Waals surface area contributed by atoms with Gasteiger partial charge in [-0.2, -0.15) is 0 Å². The van der Waals surface area contributed by atoms with Crippen LogP contribution in [0.15, 0.2) is 0 Å². The predicted octanol–water partition coefficient (Wildman–Crippen LogP) is 4.54. The molecule has 0 amide bonds. The van der Waals surface area contributed by atoms with Crippen LogP contribution in [-0.4, -0.2) is 15.0 Å². The first kappa shape index (κ1) is 21.4. The molecule has 0 unspecified atom stereocenters. The predicted molar refractivity (Wildman–Crippen MR) is 78.4 cm³/mol. The fraction of sp³-hybridized carbons (Fsp3) is 0.857. The minimum Gasteiger partial charge on any atom is -0.252 e. The third kappa shape index (κ3) is 11.4. The Hall–Kier alpha value is -0.860. The van der Waals surface area contributed by atoms with Crippen molar-refractivity contribution in [1.29, 1.82) is 0 Å². The Labute approximate surface area is 109 Å². The van der Waals surface area contributed by atoms with Crippen molar-refractivity contribution in [2.75, 3.05) is 0 Å². The van der Waals surface area contributed by atoms with E-state index in [2.05, 4.69) is 31.1 Å². The summed E-state index contributed by atoms with van der Waals surface area (Å²) in [5.74, 6) is 0. The van der Waals surface area contributed by atoms with E-state index >= 15 is 0 Å². The molecule has 0 spiro atoms. The third-order valence-electron chi connectivity index (χ3n) is 1.62. The molecule has 3 nitrogen and oxygen atoms in total. The molecule has 0 aromatic carbocycles. The maximum atomic E-state index is 3.95. The second-order valence-corrected chi connectivity index (χ2v) is 3.20. The van der Waals surface area contributed by atoms with Crippen molar-refractivity contribution < 1.29 is 0 Å². The second-order valence-electron chi connectivity index (χ2n) is 3.20. The Balaban J connectivity index is -0.000000239. The lowest BCUT2D eigenvalue weighted by Crippen LogP contribution is -1.98. The summed E-state index contributed by atoms with van der Waals surface area (Å²) in [6.07, 6.45) is 3.48. The molecule has 0 radical (unpaired) electrons. The van der Waals surface area contributed by atoms with Crippen molar-refractivity contribution in [3.63, 3.8) is 0 Å². The minimum atomic E-state index is 1.06. The number of nitrogens with zero attached hydrogens (tertiary/aromatic N) is 3. The Kier molecular flexibility index (Phi) is 22.1. The smallest absolute Gasteiger partial charge is 0.0828 e. The van der Waals surface area contributed by atoms with Gasteiger partial charge in [0.15, 0.2) is 0 Å². The van der Waals surface area contributed by atoms with Gasteiger partial charge in [0.2, 0.25) is 0 Å². The molecule has 0 bridgehead atoms. The van der Waals surface area contributed by atoms with Crippen LogP contribution in [0.5, 0.6) is 0 Å². The average molecular weight is 243 g/mol. The average Bonchev–Trinajstić information content (AvgIpc) is 2.68. The molecule has 0 aliphatic rings. The van der Waals surface area contributed by atoms with Crippen LogP contribution in [0.2, 0.25) is 0 Å². The van der Waals surface area contributed by atoms with Gasteiger partial charge in [0.1, 0.15) is 0 Å². The molecular formula is C14H33N3. The maximum Gasteiger partial charge on any atom is 0.0828 e. The van der Waals surface area contributed by atoms with Crippen LogP contribution in [0.4, 0.5) is 0 Å². The topological polar surface area (TPSA) is 30.7 Å².